The van der Waals surface area contributed by atoms with Crippen LogP contribution in [0.1, 0.15) is 39.5 Å². The monoisotopic (exact) mass is 223 g/mol. The summed E-state index contributed by atoms with van der Waals surface area (Å²) in [7, 11) is 0. The normalized spacial score (nSPS) is 18.4. The molecule has 1 saturated carbocycles. The van der Waals surface area contributed by atoms with Gasteiger partial charge in [0.2, 0.25) is 5.91 Å². The zero-order chi connectivity index (χ0) is 12.0. The molecule has 0 bridgehead atoms. The van der Waals surface area contributed by atoms with Crippen LogP contribution in [0.3, 0.4) is 0 Å². The minimum Gasteiger partial charge on any atom is -0.355 e. The van der Waals surface area contributed by atoms with Crippen LogP contribution in [0.4, 0.5) is 0 Å². The minimum absolute atomic E-state index is 0.0321. The van der Waals surface area contributed by atoms with E-state index in [2.05, 4.69) is 11.4 Å². The Labute approximate surface area is 97.6 Å². The molecule has 1 N–H and O–H groups in total. The highest BCUT2D eigenvalue weighted by molar-refractivity contribution is 5.81. The van der Waals surface area contributed by atoms with Crippen LogP contribution < -0.4 is 5.32 Å². The van der Waals surface area contributed by atoms with Gasteiger partial charge in [-0.15, -0.1) is 0 Å². The largest absolute Gasteiger partial charge is 0.355 e. The van der Waals surface area contributed by atoms with Gasteiger partial charge in [0.05, 0.1) is 18.7 Å². The Morgan fingerprint density at radius 1 is 1.56 bits per heavy atom. The lowest BCUT2D eigenvalue weighted by Crippen LogP contribution is -2.49. The number of amides is 1. The van der Waals surface area contributed by atoms with E-state index in [9.17, 15) is 4.79 Å². The summed E-state index contributed by atoms with van der Waals surface area (Å²) in [5, 5.41) is 11.7. The Kier molecular flexibility index (Phi) is 5.27. The predicted molar refractivity (Wildman–Crippen MR) is 62.7 cm³/mol. The summed E-state index contributed by atoms with van der Waals surface area (Å²) in [5.74, 6) is 0.0321. The minimum atomic E-state index is -0.192. The molecule has 0 saturated heterocycles. The maximum atomic E-state index is 11.8. The van der Waals surface area contributed by atoms with Gasteiger partial charge in [0.25, 0.3) is 0 Å². The second kappa shape index (κ2) is 6.49. The highest BCUT2D eigenvalue weighted by Gasteiger charge is 2.29. The molecule has 1 unspecified atom stereocenters. The van der Waals surface area contributed by atoms with Crippen molar-refractivity contribution in [1.29, 1.82) is 5.26 Å². The third-order valence-corrected chi connectivity index (χ3v) is 3.27. The molecule has 16 heavy (non-hydrogen) atoms. The number of hydrogen-bond donors (Lipinski definition) is 1. The third-order valence-electron chi connectivity index (χ3n) is 3.27. The first-order valence-electron chi connectivity index (χ1n) is 6.11. The second-order valence-corrected chi connectivity index (χ2v) is 4.34. The molecule has 1 rings (SSSR count). The fourth-order valence-corrected chi connectivity index (χ4v) is 2.37. The Morgan fingerprint density at radius 3 is 2.69 bits per heavy atom. The van der Waals surface area contributed by atoms with Gasteiger partial charge in [0, 0.05) is 12.6 Å². The van der Waals surface area contributed by atoms with Crippen molar-refractivity contribution in [3.8, 4) is 6.07 Å². The number of likely N-dealkylation sites (N-methyl/N-ethyl adjacent to an activating group) is 1. The number of hydrogen-bond acceptors (Lipinski definition) is 3. The molecule has 0 radical (unpaired) electrons. The van der Waals surface area contributed by atoms with Crippen LogP contribution >= 0.6 is 0 Å². The van der Waals surface area contributed by atoms with E-state index in [1.165, 1.54) is 12.8 Å². The summed E-state index contributed by atoms with van der Waals surface area (Å²) < 4.78 is 0. The zero-order valence-electron chi connectivity index (χ0n) is 10.2. The molecule has 0 aromatic heterocycles. The smallest absolute Gasteiger partial charge is 0.237 e. The summed E-state index contributed by atoms with van der Waals surface area (Å²) in [6.45, 7) is 4.80. The first kappa shape index (κ1) is 13.0. The van der Waals surface area contributed by atoms with Gasteiger partial charge in [-0.1, -0.05) is 12.8 Å². The number of nitriles is 1. The van der Waals surface area contributed by atoms with E-state index in [1.807, 2.05) is 18.7 Å². The maximum absolute atomic E-state index is 11.8. The molecule has 4 heteroatoms. The van der Waals surface area contributed by atoms with Crippen molar-refractivity contribution in [2.75, 3.05) is 13.1 Å². The molecule has 4 nitrogen and oxygen atoms in total. The Hall–Kier alpha value is -1.08. The van der Waals surface area contributed by atoms with Gasteiger partial charge in [-0.2, -0.15) is 5.26 Å². The topological polar surface area (TPSA) is 56.1 Å². The highest BCUT2D eigenvalue weighted by Crippen LogP contribution is 2.24. The van der Waals surface area contributed by atoms with Gasteiger partial charge >= 0.3 is 0 Å². The van der Waals surface area contributed by atoms with Crippen molar-refractivity contribution in [1.82, 2.24) is 10.2 Å². The second-order valence-electron chi connectivity index (χ2n) is 4.34. The molecular formula is C12H21N3O. The molecule has 90 valence electrons. The van der Waals surface area contributed by atoms with Crippen molar-refractivity contribution in [3.63, 3.8) is 0 Å². The summed E-state index contributed by atoms with van der Waals surface area (Å²) in [6.07, 6.45) is 4.67. The average Bonchev–Trinajstić information content (AvgIpc) is 2.78. The fourth-order valence-electron chi connectivity index (χ4n) is 2.37. The number of nitrogens with zero attached hydrogens (tertiary/aromatic N) is 2. The summed E-state index contributed by atoms with van der Waals surface area (Å²) in [5.41, 5.74) is 0. The van der Waals surface area contributed by atoms with Crippen LogP contribution in [-0.2, 0) is 4.79 Å². The first-order valence-corrected chi connectivity index (χ1v) is 6.11. The van der Waals surface area contributed by atoms with E-state index < -0.39 is 0 Å². The van der Waals surface area contributed by atoms with Gasteiger partial charge in [-0.05, 0) is 26.7 Å². The van der Waals surface area contributed by atoms with E-state index in [1.54, 1.807) is 0 Å². The summed E-state index contributed by atoms with van der Waals surface area (Å²) in [4.78, 5) is 13.8. The number of carbonyl (C=O) groups is 1. The van der Waals surface area contributed by atoms with Crippen molar-refractivity contribution in [2.24, 2.45) is 0 Å². The molecule has 0 spiro atoms. The quantitative estimate of drug-likeness (QED) is 0.714. The molecule has 0 heterocycles. The average molecular weight is 223 g/mol. The molecule has 0 aromatic rings. The lowest BCUT2D eigenvalue weighted by molar-refractivity contribution is -0.126. The van der Waals surface area contributed by atoms with Gasteiger partial charge in [-0.3, -0.25) is 9.69 Å². The van der Waals surface area contributed by atoms with Crippen molar-refractivity contribution < 1.29 is 4.79 Å². The van der Waals surface area contributed by atoms with E-state index >= 15 is 0 Å². The zero-order valence-corrected chi connectivity index (χ0v) is 10.2. The van der Waals surface area contributed by atoms with Crippen LogP contribution in [0.15, 0.2) is 0 Å². The van der Waals surface area contributed by atoms with Crippen LogP contribution in [0.2, 0.25) is 0 Å². The van der Waals surface area contributed by atoms with Crippen LogP contribution in [0.5, 0.6) is 0 Å². The van der Waals surface area contributed by atoms with E-state index in [0.29, 0.717) is 19.1 Å². The van der Waals surface area contributed by atoms with Crippen LogP contribution in [0.25, 0.3) is 0 Å². The Balaban J connectivity index is 2.61. The Bertz CT molecular complexity index is 266. The maximum Gasteiger partial charge on any atom is 0.237 e. The number of carbonyl (C=O) groups excluding carboxylic acids is 1. The molecule has 1 aliphatic carbocycles. The number of nitrogens with one attached hydrogen (secondary N) is 1. The van der Waals surface area contributed by atoms with Gasteiger partial charge in [0.1, 0.15) is 0 Å². The van der Waals surface area contributed by atoms with E-state index in [0.717, 1.165) is 12.8 Å². The first-order chi connectivity index (χ1) is 7.70. The molecule has 0 aliphatic heterocycles. The van der Waals surface area contributed by atoms with Gasteiger partial charge in [-0.25, -0.2) is 0 Å². The third kappa shape index (κ3) is 3.21. The molecular weight excluding hydrogens is 202 g/mol. The fraction of sp³-hybridized carbons (Fsp3) is 0.833. The molecule has 1 fully saturated rings. The standard InChI is InChI=1S/C12H21N3O/c1-3-14-12(16)10(2)15(9-8-13)11-6-4-5-7-11/h10-11H,3-7,9H2,1-2H3,(H,14,16). The lowest BCUT2D eigenvalue weighted by atomic mass is 10.1. The van der Waals surface area contributed by atoms with Crippen molar-refractivity contribution >= 4 is 5.91 Å². The van der Waals surface area contributed by atoms with E-state index in [-0.39, 0.29) is 11.9 Å². The predicted octanol–water partition coefficient (Wildman–Crippen LogP) is 1.28. The van der Waals surface area contributed by atoms with Crippen molar-refractivity contribution in [3.05, 3.63) is 0 Å². The highest BCUT2D eigenvalue weighted by atomic mass is 16.2. The van der Waals surface area contributed by atoms with E-state index in [4.69, 9.17) is 5.26 Å². The molecule has 1 amide bonds. The lowest BCUT2D eigenvalue weighted by Gasteiger charge is -2.31. The van der Waals surface area contributed by atoms with Crippen molar-refractivity contribution in [2.45, 2.75) is 51.6 Å². The SMILES string of the molecule is CCNC(=O)C(C)N(CC#N)C1CCCC1. The number of rotatable bonds is 5. The van der Waals surface area contributed by atoms with Gasteiger partial charge < -0.3 is 5.32 Å². The molecule has 1 atom stereocenters. The van der Waals surface area contributed by atoms with Crippen LogP contribution in [0, 0.1) is 11.3 Å². The molecule has 0 aromatic carbocycles. The van der Waals surface area contributed by atoms with Crippen LogP contribution in [-0.4, -0.2) is 36.0 Å². The Morgan fingerprint density at radius 2 is 2.19 bits per heavy atom. The van der Waals surface area contributed by atoms with Gasteiger partial charge in [0.15, 0.2) is 0 Å². The molecule has 1 aliphatic rings. The summed E-state index contributed by atoms with van der Waals surface area (Å²) in [6, 6.07) is 2.39. The summed E-state index contributed by atoms with van der Waals surface area (Å²) >= 11 is 0.